The third-order valence-electron chi connectivity index (χ3n) is 5.77. The van der Waals surface area contributed by atoms with Gasteiger partial charge in [0.2, 0.25) is 5.91 Å². The van der Waals surface area contributed by atoms with Crippen molar-refractivity contribution in [2.75, 3.05) is 39.4 Å². The molecule has 1 aromatic rings. The second-order valence-electron chi connectivity index (χ2n) is 7.37. The van der Waals surface area contributed by atoms with Crippen molar-refractivity contribution in [3.63, 3.8) is 0 Å². The van der Waals surface area contributed by atoms with Gasteiger partial charge in [0.15, 0.2) is 5.78 Å². The Balaban J connectivity index is 1.54. The van der Waals surface area contributed by atoms with Gasteiger partial charge in [-0.3, -0.25) is 9.59 Å². The van der Waals surface area contributed by atoms with Crippen LogP contribution < -0.4 is 0 Å². The smallest absolute Gasteiger partial charge is 0.230 e. The SMILES string of the molecule is O=C1CCC(C(=O)N2CCOCC2CN2CCCC2)c2ccccc21. The van der Waals surface area contributed by atoms with Crippen molar-refractivity contribution in [3.05, 3.63) is 35.4 Å². The summed E-state index contributed by atoms with van der Waals surface area (Å²) in [4.78, 5) is 30.0. The first-order valence-electron chi connectivity index (χ1n) is 9.47. The number of likely N-dealkylation sites (tertiary alicyclic amines) is 1. The Morgan fingerprint density at radius 2 is 1.96 bits per heavy atom. The van der Waals surface area contributed by atoms with Crippen molar-refractivity contribution in [2.24, 2.45) is 0 Å². The molecule has 134 valence electrons. The topological polar surface area (TPSA) is 49.9 Å². The van der Waals surface area contributed by atoms with Crippen LogP contribution in [0.1, 0.15) is 47.5 Å². The monoisotopic (exact) mass is 342 g/mol. The number of amides is 1. The number of ketones is 1. The number of Topliss-reactive ketones (excluding diaryl/α,β-unsaturated/α-hetero) is 1. The quantitative estimate of drug-likeness (QED) is 0.844. The fourth-order valence-electron chi connectivity index (χ4n) is 4.44. The number of benzene rings is 1. The molecule has 0 bridgehead atoms. The highest BCUT2D eigenvalue weighted by Crippen LogP contribution is 2.33. The molecule has 2 fully saturated rings. The number of carbonyl (C=O) groups is 2. The maximum atomic E-state index is 13.3. The average Bonchev–Trinajstić information content (AvgIpc) is 3.15. The Kier molecular flexibility index (Phi) is 4.86. The van der Waals surface area contributed by atoms with E-state index in [0.717, 1.165) is 30.8 Å². The zero-order valence-electron chi connectivity index (χ0n) is 14.7. The highest BCUT2D eigenvalue weighted by atomic mass is 16.5. The fourth-order valence-corrected chi connectivity index (χ4v) is 4.44. The lowest BCUT2D eigenvalue weighted by molar-refractivity contribution is -0.142. The third-order valence-corrected chi connectivity index (χ3v) is 5.77. The highest BCUT2D eigenvalue weighted by molar-refractivity contribution is 6.01. The molecule has 5 nitrogen and oxygen atoms in total. The minimum absolute atomic E-state index is 0.129. The predicted molar refractivity (Wildman–Crippen MR) is 94.7 cm³/mol. The summed E-state index contributed by atoms with van der Waals surface area (Å²) in [6, 6.07) is 7.75. The van der Waals surface area contributed by atoms with Crippen molar-refractivity contribution >= 4 is 11.7 Å². The number of rotatable bonds is 3. The molecule has 4 rings (SSSR count). The molecule has 2 unspecified atom stereocenters. The molecule has 5 heteroatoms. The van der Waals surface area contributed by atoms with Crippen molar-refractivity contribution in [3.8, 4) is 0 Å². The van der Waals surface area contributed by atoms with Gasteiger partial charge < -0.3 is 14.5 Å². The lowest BCUT2D eigenvalue weighted by Gasteiger charge is -2.40. The first-order valence-corrected chi connectivity index (χ1v) is 9.47. The van der Waals surface area contributed by atoms with E-state index in [2.05, 4.69) is 4.90 Å². The van der Waals surface area contributed by atoms with Crippen molar-refractivity contribution in [2.45, 2.75) is 37.6 Å². The zero-order chi connectivity index (χ0) is 17.2. The summed E-state index contributed by atoms with van der Waals surface area (Å²) >= 11 is 0. The van der Waals surface area contributed by atoms with E-state index in [9.17, 15) is 9.59 Å². The number of carbonyl (C=O) groups excluding carboxylic acids is 2. The number of morpholine rings is 1. The number of hydrogen-bond donors (Lipinski definition) is 0. The minimum Gasteiger partial charge on any atom is -0.377 e. The van der Waals surface area contributed by atoms with Crippen LogP contribution in [0, 0.1) is 0 Å². The Hall–Kier alpha value is -1.72. The molecule has 2 saturated heterocycles. The number of fused-ring (bicyclic) bond motifs is 1. The van der Waals surface area contributed by atoms with E-state index in [0.29, 0.717) is 32.6 Å². The summed E-state index contributed by atoms with van der Waals surface area (Å²) in [6.45, 7) is 5.03. The maximum absolute atomic E-state index is 13.3. The molecule has 0 aromatic heterocycles. The summed E-state index contributed by atoms with van der Waals surface area (Å²) in [5.74, 6) is 0.149. The third kappa shape index (κ3) is 3.35. The lowest BCUT2D eigenvalue weighted by atomic mass is 9.81. The van der Waals surface area contributed by atoms with Gasteiger partial charge in [0.05, 0.1) is 25.2 Å². The second kappa shape index (κ2) is 7.26. The normalized spacial score (nSPS) is 27.4. The van der Waals surface area contributed by atoms with Crippen LogP contribution >= 0.6 is 0 Å². The van der Waals surface area contributed by atoms with E-state index in [1.807, 2.05) is 29.2 Å². The first kappa shape index (κ1) is 16.7. The summed E-state index contributed by atoms with van der Waals surface area (Å²) in [5, 5.41) is 0. The van der Waals surface area contributed by atoms with Gasteiger partial charge in [0.25, 0.3) is 0 Å². The first-order chi connectivity index (χ1) is 12.2. The molecule has 25 heavy (non-hydrogen) atoms. The van der Waals surface area contributed by atoms with E-state index in [4.69, 9.17) is 4.74 Å². The zero-order valence-corrected chi connectivity index (χ0v) is 14.7. The van der Waals surface area contributed by atoms with Gasteiger partial charge in [-0.1, -0.05) is 24.3 Å². The van der Waals surface area contributed by atoms with E-state index in [1.165, 1.54) is 12.8 Å². The number of nitrogens with zero attached hydrogens (tertiary/aromatic N) is 2. The van der Waals surface area contributed by atoms with Gasteiger partial charge in [0, 0.05) is 25.1 Å². The highest BCUT2D eigenvalue weighted by Gasteiger charge is 2.37. The van der Waals surface area contributed by atoms with Gasteiger partial charge in [0.1, 0.15) is 0 Å². The number of hydrogen-bond acceptors (Lipinski definition) is 4. The van der Waals surface area contributed by atoms with Gasteiger partial charge in [-0.2, -0.15) is 0 Å². The standard InChI is InChI=1S/C20H26N2O3/c23-19-8-7-18(16-5-1-2-6-17(16)19)20(24)22-11-12-25-14-15(22)13-21-9-3-4-10-21/h1-2,5-6,15,18H,3-4,7-14H2. The summed E-state index contributed by atoms with van der Waals surface area (Å²) in [5.41, 5.74) is 1.65. The van der Waals surface area contributed by atoms with E-state index in [1.54, 1.807) is 0 Å². The molecule has 2 aliphatic heterocycles. The average molecular weight is 342 g/mol. The van der Waals surface area contributed by atoms with Crippen LogP contribution in [0.2, 0.25) is 0 Å². The Morgan fingerprint density at radius 3 is 2.80 bits per heavy atom. The minimum atomic E-state index is -0.187. The van der Waals surface area contributed by atoms with Gasteiger partial charge >= 0.3 is 0 Å². The Bertz CT molecular complexity index is 654. The van der Waals surface area contributed by atoms with Crippen molar-refractivity contribution in [1.82, 2.24) is 9.80 Å². The van der Waals surface area contributed by atoms with E-state index < -0.39 is 0 Å². The van der Waals surface area contributed by atoms with Crippen molar-refractivity contribution < 1.29 is 14.3 Å². The molecule has 0 saturated carbocycles. The van der Waals surface area contributed by atoms with Gasteiger partial charge in [-0.15, -0.1) is 0 Å². The summed E-state index contributed by atoms with van der Waals surface area (Å²) < 4.78 is 5.67. The molecule has 3 aliphatic rings. The van der Waals surface area contributed by atoms with Crippen molar-refractivity contribution in [1.29, 1.82) is 0 Å². The fraction of sp³-hybridized carbons (Fsp3) is 0.600. The van der Waals surface area contributed by atoms with Crippen LogP contribution in [0.5, 0.6) is 0 Å². The Labute approximate surface area is 148 Å². The lowest BCUT2D eigenvalue weighted by Crippen LogP contribution is -2.54. The molecular formula is C20H26N2O3. The molecule has 2 atom stereocenters. The second-order valence-corrected chi connectivity index (χ2v) is 7.37. The van der Waals surface area contributed by atoms with Crippen LogP contribution in [-0.4, -0.2) is 66.9 Å². The maximum Gasteiger partial charge on any atom is 0.230 e. The van der Waals surface area contributed by atoms with E-state index >= 15 is 0 Å². The number of ether oxygens (including phenoxy) is 1. The summed E-state index contributed by atoms with van der Waals surface area (Å²) in [7, 11) is 0. The largest absolute Gasteiger partial charge is 0.377 e. The van der Waals surface area contributed by atoms with Crippen LogP contribution in [0.4, 0.5) is 0 Å². The van der Waals surface area contributed by atoms with Gasteiger partial charge in [-0.05, 0) is 37.9 Å². The van der Waals surface area contributed by atoms with Crippen LogP contribution in [-0.2, 0) is 9.53 Å². The molecule has 1 amide bonds. The molecule has 2 heterocycles. The van der Waals surface area contributed by atoms with Crippen LogP contribution in [0.25, 0.3) is 0 Å². The summed E-state index contributed by atoms with van der Waals surface area (Å²) in [6.07, 6.45) is 3.59. The molecule has 0 radical (unpaired) electrons. The Morgan fingerprint density at radius 1 is 1.16 bits per heavy atom. The molecule has 0 spiro atoms. The predicted octanol–water partition coefficient (Wildman–Crippen LogP) is 2.07. The molecule has 0 N–H and O–H groups in total. The van der Waals surface area contributed by atoms with E-state index in [-0.39, 0.29) is 23.7 Å². The molecule has 1 aromatic carbocycles. The van der Waals surface area contributed by atoms with Crippen LogP contribution in [0.15, 0.2) is 24.3 Å². The molecule has 1 aliphatic carbocycles. The van der Waals surface area contributed by atoms with Crippen LogP contribution in [0.3, 0.4) is 0 Å². The van der Waals surface area contributed by atoms with Gasteiger partial charge in [-0.25, -0.2) is 0 Å². The molecular weight excluding hydrogens is 316 g/mol.